The third kappa shape index (κ3) is 8.06. The van der Waals surface area contributed by atoms with Crippen molar-refractivity contribution in [1.82, 2.24) is 14.9 Å². The van der Waals surface area contributed by atoms with E-state index in [1.54, 1.807) is 19.4 Å². The number of morpholine rings is 1. The summed E-state index contributed by atoms with van der Waals surface area (Å²) in [6, 6.07) is 17.4. The van der Waals surface area contributed by atoms with E-state index in [1.807, 2.05) is 60.7 Å². The van der Waals surface area contributed by atoms with Gasteiger partial charge in [-0.05, 0) is 48.9 Å². The molecule has 1 aliphatic heterocycles. The number of amides is 1. The summed E-state index contributed by atoms with van der Waals surface area (Å²) in [7, 11) is 1.61. The van der Waals surface area contributed by atoms with Gasteiger partial charge >= 0.3 is 0 Å². The third-order valence-corrected chi connectivity index (χ3v) is 7.94. The highest BCUT2D eigenvalue weighted by atomic mass is 32.1. The van der Waals surface area contributed by atoms with Gasteiger partial charge in [-0.2, -0.15) is 0 Å². The molecule has 42 heavy (non-hydrogen) atoms. The number of hydrogen-bond donors (Lipinski definition) is 2. The summed E-state index contributed by atoms with van der Waals surface area (Å²) in [5.41, 5.74) is 3.25. The molecule has 2 aromatic carbocycles. The zero-order valence-electron chi connectivity index (χ0n) is 24.0. The Balaban J connectivity index is 1.21. The second kappa shape index (κ2) is 14.8. The molecule has 1 atom stereocenters. The number of nitrogens with zero attached hydrogens (tertiary/aromatic N) is 3. The van der Waals surface area contributed by atoms with Gasteiger partial charge in [-0.15, -0.1) is 0 Å². The minimum Gasteiger partial charge on any atom is -0.493 e. The maximum absolute atomic E-state index is 12.8. The van der Waals surface area contributed by atoms with Gasteiger partial charge in [-0.1, -0.05) is 43.2 Å². The maximum atomic E-state index is 12.8. The first kappa shape index (κ1) is 29.5. The molecular weight excluding hydrogens is 550 g/mol. The summed E-state index contributed by atoms with van der Waals surface area (Å²) in [6.45, 7) is 5.83. The van der Waals surface area contributed by atoms with Gasteiger partial charge in [0.15, 0.2) is 16.6 Å². The predicted molar refractivity (Wildman–Crippen MR) is 168 cm³/mol. The highest BCUT2D eigenvalue weighted by molar-refractivity contribution is 7.22. The smallest absolute Gasteiger partial charge is 0.248 e. The molecule has 0 saturated carbocycles. The van der Waals surface area contributed by atoms with E-state index in [9.17, 15) is 4.79 Å². The molecule has 0 aliphatic carbocycles. The molecule has 10 heteroatoms. The van der Waals surface area contributed by atoms with Crippen LogP contribution in [-0.4, -0.2) is 60.2 Å². The van der Waals surface area contributed by atoms with E-state index in [0.717, 1.165) is 78.0 Å². The summed E-state index contributed by atoms with van der Waals surface area (Å²) in [5, 5.41) is 7.10. The second-order valence-corrected chi connectivity index (χ2v) is 11.0. The van der Waals surface area contributed by atoms with Gasteiger partial charge in [0.25, 0.3) is 0 Å². The molecular formula is C32H37N5O4S. The number of rotatable bonds is 13. The number of fused-ring (bicyclic) bond motifs is 1. The second-order valence-electron chi connectivity index (χ2n) is 10.0. The lowest BCUT2D eigenvalue weighted by Gasteiger charge is -2.32. The number of pyridine rings is 1. The molecule has 5 rings (SSSR count). The largest absolute Gasteiger partial charge is 0.493 e. The normalized spacial score (nSPS) is 14.6. The molecule has 0 spiro atoms. The number of thiazole rings is 1. The Morgan fingerprint density at radius 3 is 2.76 bits per heavy atom. The molecule has 4 aromatic rings. The lowest BCUT2D eigenvalue weighted by Crippen LogP contribution is -2.42. The van der Waals surface area contributed by atoms with Crippen LogP contribution in [0.5, 0.6) is 11.5 Å². The van der Waals surface area contributed by atoms with Crippen molar-refractivity contribution >= 4 is 44.0 Å². The summed E-state index contributed by atoms with van der Waals surface area (Å²) in [4.78, 5) is 24.2. The molecule has 1 amide bonds. The number of methoxy groups -OCH3 is 1. The lowest BCUT2D eigenvalue weighted by atomic mass is 10.1. The first-order valence-electron chi connectivity index (χ1n) is 14.3. The zero-order valence-corrected chi connectivity index (χ0v) is 24.9. The van der Waals surface area contributed by atoms with Crippen molar-refractivity contribution in [2.45, 2.75) is 38.8 Å². The molecule has 1 saturated heterocycles. The average molecular weight is 588 g/mol. The van der Waals surface area contributed by atoms with Crippen LogP contribution in [0.3, 0.4) is 0 Å². The van der Waals surface area contributed by atoms with E-state index in [2.05, 4.69) is 27.4 Å². The Hall–Kier alpha value is -3.99. The minimum atomic E-state index is -0.135. The zero-order chi connectivity index (χ0) is 29.1. The molecule has 2 aromatic heterocycles. The molecule has 2 N–H and O–H groups in total. The Labute approximate surface area is 250 Å². The molecule has 0 bridgehead atoms. The van der Waals surface area contributed by atoms with Gasteiger partial charge in [0.2, 0.25) is 5.91 Å². The number of hydrogen-bond acceptors (Lipinski definition) is 9. The van der Waals surface area contributed by atoms with Crippen LogP contribution in [0.1, 0.15) is 31.9 Å². The Morgan fingerprint density at radius 1 is 1.12 bits per heavy atom. The molecule has 1 unspecified atom stereocenters. The van der Waals surface area contributed by atoms with E-state index < -0.39 is 0 Å². The van der Waals surface area contributed by atoms with Gasteiger partial charge in [0, 0.05) is 48.8 Å². The fourth-order valence-electron chi connectivity index (χ4n) is 4.78. The van der Waals surface area contributed by atoms with Crippen LogP contribution in [0.4, 0.5) is 16.5 Å². The standard InChI is InChI=1S/C32H37N5O4S/c1-3-4-8-26(37-16-18-40-19-17-37)11-14-31(38)34-24-9-12-27-30(21-24)42-32(36-27)35-23-10-13-28(29(20-23)39-2)41-22-25-7-5-6-15-33-25/h5-7,9-15,20-21,26H,3-4,8,16-19,22H2,1-2H3,(H,34,38)(H,35,36)/b14-11+. The summed E-state index contributed by atoms with van der Waals surface area (Å²) < 4.78 is 17.9. The van der Waals surface area contributed by atoms with Crippen LogP contribution >= 0.6 is 11.3 Å². The van der Waals surface area contributed by atoms with Crippen LogP contribution < -0.4 is 20.1 Å². The van der Waals surface area contributed by atoms with Crippen molar-refractivity contribution in [1.29, 1.82) is 0 Å². The van der Waals surface area contributed by atoms with Gasteiger partial charge in [0.05, 0.1) is 36.2 Å². The Kier molecular flexibility index (Phi) is 10.4. The molecule has 1 aliphatic rings. The molecule has 9 nitrogen and oxygen atoms in total. The number of nitrogens with one attached hydrogen (secondary N) is 2. The third-order valence-electron chi connectivity index (χ3n) is 7.01. The summed E-state index contributed by atoms with van der Waals surface area (Å²) in [6.07, 6.45) is 8.74. The predicted octanol–water partition coefficient (Wildman–Crippen LogP) is 6.41. The Bertz CT molecular complexity index is 1490. The number of aromatic nitrogens is 2. The van der Waals surface area contributed by atoms with E-state index in [0.29, 0.717) is 18.1 Å². The highest BCUT2D eigenvalue weighted by Gasteiger charge is 2.18. The number of carbonyl (C=O) groups excluding carboxylic acids is 1. The van der Waals surface area contributed by atoms with Crippen molar-refractivity contribution in [2.75, 3.05) is 44.0 Å². The maximum Gasteiger partial charge on any atom is 0.248 e. The van der Waals surface area contributed by atoms with Crippen molar-refractivity contribution in [3.63, 3.8) is 0 Å². The van der Waals surface area contributed by atoms with E-state index in [4.69, 9.17) is 19.2 Å². The number of benzene rings is 2. The van der Waals surface area contributed by atoms with Crippen LogP contribution in [0, 0.1) is 0 Å². The molecule has 3 heterocycles. The van der Waals surface area contributed by atoms with Gasteiger partial charge in [0.1, 0.15) is 6.61 Å². The first-order chi connectivity index (χ1) is 20.6. The molecule has 1 fully saturated rings. The lowest BCUT2D eigenvalue weighted by molar-refractivity contribution is -0.111. The van der Waals surface area contributed by atoms with E-state index in [1.165, 1.54) is 11.3 Å². The van der Waals surface area contributed by atoms with Gasteiger partial charge < -0.3 is 24.8 Å². The first-order valence-corrected chi connectivity index (χ1v) is 15.1. The fourth-order valence-corrected chi connectivity index (χ4v) is 5.71. The van der Waals surface area contributed by atoms with Crippen molar-refractivity contribution in [2.24, 2.45) is 0 Å². The van der Waals surface area contributed by atoms with Crippen molar-refractivity contribution < 1.29 is 19.0 Å². The quantitative estimate of drug-likeness (QED) is 0.173. The molecule has 0 radical (unpaired) electrons. The van der Waals surface area contributed by atoms with Crippen molar-refractivity contribution in [3.05, 3.63) is 78.6 Å². The Morgan fingerprint density at radius 2 is 1.98 bits per heavy atom. The van der Waals surface area contributed by atoms with E-state index >= 15 is 0 Å². The van der Waals surface area contributed by atoms with Crippen LogP contribution in [0.2, 0.25) is 0 Å². The number of ether oxygens (including phenoxy) is 3. The topological polar surface area (TPSA) is 97.8 Å². The van der Waals surface area contributed by atoms with Crippen LogP contribution in [-0.2, 0) is 16.1 Å². The highest BCUT2D eigenvalue weighted by Crippen LogP contribution is 2.34. The minimum absolute atomic E-state index is 0.135. The average Bonchev–Trinajstić information content (AvgIpc) is 3.42. The summed E-state index contributed by atoms with van der Waals surface area (Å²) in [5.74, 6) is 1.11. The monoisotopic (exact) mass is 587 g/mol. The van der Waals surface area contributed by atoms with Gasteiger partial charge in [-0.3, -0.25) is 14.7 Å². The molecule has 220 valence electrons. The number of unbranched alkanes of at least 4 members (excludes halogenated alkanes) is 1. The number of anilines is 3. The van der Waals surface area contributed by atoms with Gasteiger partial charge in [-0.25, -0.2) is 4.98 Å². The SMILES string of the molecule is CCCCC(/C=C/C(=O)Nc1ccc2nc(Nc3ccc(OCc4ccccn4)c(OC)c3)sc2c1)N1CCOCC1. The number of carbonyl (C=O) groups is 1. The van der Waals surface area contributed by atoms with Crippen molar-refractivity contribution in [3.8, 4) is 11.5 Å². The van der Waals surface area contributed by atoms with E-state index in [-0.39, 0.29) is 11.9 Å². The van der Waals surface area contributed by atoms with Crippen LogP contribution in [0.25, 0.3) is 10.2 Å². The summed E-state index contributed by atoms with van der Waals surface area (Å²) >= 11 is 1.51. The van der Waals surface area contributed by atoms with Crippen LogP contribution in [0.15, 0.2) is 72.9 Å². The fraction of sp³-hybridized carbons (Fsp3) is 0.344.